The number of imide groups is 1. The Morgan fingerprint density at radius 1 is 1.04 bits per heavy atom. The molecule has 0 unspecified atom stereocenters. The van der Waals surface area contributed by atoms with Gasteiger partial charge < -0.3 is 0 Å². The van der Waals surface area contributed by atoms with E-state index >= 15 is 0 Å². The third-order valence-corrected chi connectivity index (χ3v) is 2.84. The van der Waals surface area contributed by atoms with Gasteiger partial charge in [-0.3, -0.25) is 14.6 Å². The molecule has 0 saturated heterocycles. The molecule has 2 N–H and O–H groups in total. The van der Waals surface area contributed by atoms with Crippen molar-refractivity contribution in [3.05, 3.63) is 65.2 Å². The van der Waals surface area contributed by atoms with Crippen LogP contribution in [0.3, 0.4) is 0 Å². The Hall–Kier alpha value is -2.81. The summed E-state index contributed by atoms with van der Waals surface area (Å²) in [5, 5.41) is 0.114. The Bertz CT molecular complexity index is 744. The van der Waals surface area contributed by atoms with Gasteiger partial charge in [0, 0.05) is 6.20 Å². The molecule has 0 aliphatic carbocycles. The average molecular weight is 327 g/mol. The Morgan fingerprint density at radius 2 is 1.70 bits per heavy atom. The largest absolute Gasteiger partial charge is 0.433 e. The Morgan fingerprint density at radius 3 is 2.22 bits per heavy atom. The summed E-state index contributed by atoms with van der Waals surface area (Å²) in [4.78, 5) is 27.0. The number of nitrogens with two attached hydrogens (primary N) is 1. The average Bonchev–Trinajstić information content (AvgIpc) is 2.52. The zero-order chi connectivity index (χ0) is 17.2. The Labute approximate surface area is 127 Å². The number of aromatic nitrogens is 1. The monoisotopic (exact) mass is 327 g/mol. The van der Waals surface area contributed by atoms with Crippen LogP contribution in [0.15, 0.2) is 42.6 Å². The molecule has 2 aromatic rings. The highest BCUT2D eigenvalue weighted by molar-refractivity contribution is 6.09. The predicted molar refractivity (Wildman–Crippen MR) is 70.3 cm³/mol. The molecule has 1 aromatic heterocycles. The maximum absolute atomic E-state index is 13.5. The van der Waals surface area contributed by atoms with Crippen LogP contribution in [-0.4, -0.2) is 21.8 Å². The molecule has 0 radical (unpaired) electrons. The maximum atomic E-state index is 13.5. The van der Waals surface area contributed by atoms with E-state index in [4.69, 9.17) is 5.84 Å². The minimum atomic E-state index is -4.66. The number of pyridine rings is 1. The van der Waals surface area contributed by atoms with E-state index in [0.717, 1.165) is 18.2 Å². The molecule has 0 fully saturated rings. The van der Waals surface area contributed by atoms with Crippen molar-refractivity contribution >= 4 is 11.8 Å². The Kier molecular flexibility index (Phi) is 4.41. The number of carbonyl (C=O) groups excluding carboxylic acids is 2. The van der Waals surface area contributed by atoms with Crippen LogP contribution < -0.4 is 5.84 Å². The number of hydrogen-bond donors (Lipinski definition) is 1. The summed E-state index contributed by atoms with van der Waals surface area (Å²) in [6.45, 7) is 0. The molecule has 9 heteroatoms. The number of benzene rings is 1. The van der Waals surface area contributed by atoms with Crippen molar-refractivity contribution in [3.63, 3.8) is 0 Å². The van der Waals surface area contributed by atoms with Gasteiger partial charge in [0.2, 0.25) is 0 Å². The first-order chi connectivity index (χ1) is 10.7. The molecule has 0 bridgehead atoms. The third kappa shape index (κ3) is 3.51. The molecule has 2 amide bonds. The number of rotatable bonds is 2. The van der Waals surface area contributed by atoms with Crippen molar-refractivity contribution in [1.82, 2.24) is 9.99 Å². The van der Waals surface area contributed by atoms with Crippen molar-refractivity contribution in [1.29, 1.82) is 0 Å². The molecule has 120 valence electrons. The summed E-state index contributed by atoms with van der Waals surface area (Å²) < 4.78 is 50.7. The van der Waals surface area contributed by atoms with E-state index in [-0.39, 0.29) is 10.6 Å². The molecule has 1 heterocycles. The molecule has 0 atom stereocenters. The van der Waals surface area contributed by atoms with Crippen molar-refractivity contribution in [2.75, 3.05) is 0 Å². The van der Waals surface area contributed by atoms with Crippen LogP contribution in [0.2, 0.25) is 0 Å². The van der Waals surface area contributed by atoms with Crippen LogP contribution in [0.5, 0.6) is 0 Å². The minimum absolute atomic E-state index is 0.114. The quantitative estimate of drug-likeness (QED) is 0.302. The zero-order valence-electron chi connectivity index (χ0n) is 11.3. The second kappa shape index (κ2) is 6.13. The highest BCUT2D eigenvalue weighted by Gasteiger charge is 2.32. The van der Waals surface area contributed by atoms with Gasteiger partial charge >= 0.3 is 6.18 Å². The van der Waals surface area contributed by atoms with Crippen LogP contribution in [0.4, 0.5) is 17.6 Å². The van der Waals surface area contributed by atoms with Crippen LogP contribution in [0.1, 0.15) is 26.4 Å². The molecule has 0 aliphatic rings. The van der Waals surface area contributed by atoms with Gasteiger partial charge in [-0.05, 0) is 24.3 Å². The lowest BCUT2D eigenvalue weighted by Gasteiger charge is -2.15. The molecule has 2 rings (SSSR count). The van der Waals surface area contributed by atoms with Gasteiger partial charge in [-0.1, -0.05) is 12.1 Å². The third-order valence-electron chi connectivity index (χ3n) is 2.84. The SMILES string of the molecule is NN(C(=O)c1ccc(C(F)(F)F)nc1)C(=O)c1ccccc1F. The predicted octanol–water partition coefficient (Wildman–Crippen LogP) is 2.40. The van der Waals surface area contributed by atoms with Gasteiger partial charge in [-0.25, -0.2) is 15.2 Å². The molecule has 5 nitrogen and oxygen atoms in total. The first-order valence-electron chi connectivity index (χ1n) is 6.13. The fourth-order valence-corrected chi connectivity index (χ4v) is 1.68. The summed E-state index contributed by atoms with van der Waals surface area (Å²) in [5.74, 6) is 2.21. The Balaban J connectivity index is 2.23. The maximum Gasteiger partial charge on any atom is 0.433 e. The summed E-state index contributed by atoms with van der Waals surface area (Å²) >= 11 is 0. The van der Waals surface area contributed by atoms with Crippen molar-refractivity contribution in [2.24, 2.45) is 5.84 Å². The fraction of sp³-hybridized carbons (Fsp3) is 0.0714. The van der Waals surface area contributed by atoms with E-state index in [0.29, 0.717) is 12.3 Å². The fourth-order valence-electron chi connectivity index (χ4n) is 1.68. The lowest BCUT2D eigenvalue weighted by atomic mass is 10.1. The number of halogens is 4. The first-order valence-corrected chi connectivity index (χ1v) is 6.13. The highest BCUT2D eigenvalue weighted by atomic mass is 19.4. The number of hydrogen-bond acceptors (Lipinski definition) is 4. The van der Waals surface area contributed by atoms with E-state index in [2.05, 4.69) is 4.98 Å². The molecular formula is C14H9F4N3O2. The summed E-state index contributed by atoms with van der Waals surface area (Å²) in [6.07, 6.45) is -4.02. The van der Waals surface area contributed by atoms with E-state index in [1.807, 2.05) is 0 Å². The molecular weight excluding hydrogens is 318 g/mol. The van der Waals surface area contributed by atoms with Crippen molar-refractivity contribution in [2.45, 2.75) is 6.18 Å². The minimum Gasteiger partial charge on any atom is -0.267 e. The number of nitrogens with zero attached hydrogens (tertiary/aromatic N) is 2. The van der Waals surface area contributed by atoms with Crippen LogP contribution in [0.25, 0.3) is 0 Å². The highest BCUT2D eigenvalue weighted by Crippen LogP contribution is 2.27. The standard InChI is InChI=1S/C14H9F4N3O2/c15-10-4-2-1-3-9(10)13(23)21(19)12(22)8-5-6-11(20-7-8)14(16,17)18/h1-7H,19H2. The van der Waals surface area contributed by atoms with Gasteiger partial charge in [0.1, 0.15) is 11.5 Å². The normalized spacial score (nSPS) is 11.2. The van der Waals surface area contributed by atoms with E-state index in [1.165, 1.54) is 12.1 Å². The van der Waals surface area contributed by atoms with Gasteiger partial charge in [0.05, 0.1) is 11.1 Å². The number of carbonyl (C=O) groups is 2. The van der Waals surface area contributed by atoms with E-state index in [1.54, 1.807) is 0 Å². The van der Waals surface area contributed by atoms with Crippen LogP contribution >= 0.6 is 0 Å². The summed E-state index contributed by atoms with van der Waals surface area (Å²) in [7, 11) is 0. The lowest BCUT2D eigenvalue weighted by Crippen LogP contribution is -2.43. The summed E-state index contributed by atoms with van der Waals surface area (Å²) in [5.41, 5.74) is -1.98. The van der Waals surface area contributed by atoms with E-state index < -0.39 is 35.1 Å². The second-order valence-corrected chi connectivity index (χ2v) is 4.39. The topological polar surface area (TPSA) is 76.3 Å². The second-order valence-electron chi connectivity index (χ2n) is 4.39. The first kappa shape index (κ1) is 16.6. The smallest absolute Gasteiger partial charge is 0.267 e. The van der Waals surface area contributed by atoms with Crippen LogP contribution in [-0.2, 0) is 6.18 Å². The number of alkyl halides is 3. The molecule has 23 heavy (non-hydrogen) atoms. The number of hydrazine groups is 1. The molecule has 0 spiro atoms. The van der Waals surface area contributed by atoms with Crippen molar-refractivity contribution < 1.29 is 27.2 Å². The van der Waals surface area contributed by atoms with Gasteiger partial charge in [-0.15, -0.1) is 0 Å². The van der Waals surface area contributed by atoms with Gasteiger partial charge in [0.15, 0.2) is 0 Å². The molecule has 0 aliphatic heterocycles. The van der Waals surface area contributed by atoms with E-state index in [9.17, 15) is 27.2 Å². The van der Waals surface area contributed by atoms with Crippen molar-refractivity contribution in [3.8, 4) is 0 Å². The van der Waals surface area contributed by atoms with Gasteiger partial charge in [-0.2, -0.15) is 13.2 Å². The lowest BCUT2D eigenvalue weighted by molar-refractivity contribution is -0.141. The van der Waals surface area contributed by atoms with Gasteiger partial charge in [0.25, 0.3) is 11.8 Å². The molecule has 0 saturated carbocycles. The number of amides is 2. The summed E-state index contributed by atoms with van der Waals surface area (Å²) in [6, 6.07) is 6.24. The molecule has 1 aromatic carbocycles. The zero-order valence-corrected chi connectivity index (χ0v) is 11.3. The van der Waals surface area contributed by atoms with Crippen LogP contribution in [0, 0.1) is 5.82 Å².